The van der Waals surface area contributed by atoms with E-state index in [0.29, 0.717) is 22.3 Å². The first-order valence-electron chi connectivity index (χ1n) is 6.82. The molecule has 0 radical (unpaired) electrons. The van der Waals surface area contributed by atoms with Crippen molar-refractivity contribution in [1.29, 1.82) is 0 Å². The van der Waals surface area contributed by atoms with E-state index < -0.39 is 0 Å². The van der Waals surface area contributed by atoms with Crippen molar-refractivity contribution >= 4 is 11.6 Å². The number of allylic oxidation sites excluding steroid dienone is 4. The zero-order valence-electron chi connectivity index (χ0n) is 13.0. The Labute approximate surface area is 137 Å². The number of Topliss-reactive ketones (excluding diaryl/α,β-unsaturated/α-hetero) is 2. The van der Waals surface area contributed by atoms with Crippen LogP contribution in [-0.2, 0) is 26.1 Å². The van der Waals surface area contributed by atoms with Crippen LogP contribution in [0.2, 0.25) is 0 Å². The van der Waals surface area contributed by atoms with Crippen molar-refractivity contribution in [3.05, 3.63) is 22.3 Å². The number of rotatable bonds is 0. The standard InChI is InChI=1S/C10H12O2.C8H8.Ni/c1-5-6(2)10(12)8(4)7(3)9(5)11;1-2-4-6-8-7-5-3-1;/h1-4H3;1-2,7-8H2;. The van der Waals surface area contributed by atoms with Gasteiger partial charge in [-0.1, -0.05) is 0 Å². The van der Waals surface area contributed by atoms with Crippen LogP contribution in [0.5, 0.6) is 0 Å². The van der Waals surface area contributed by atoms with Gasteiger partial charge in [0.25, 0.3) is 0 Å². The topological polar surface area (TPSA) is 34.1 Å². The maximum absolute atomic E-state index is 11.4. The summed E-state index contributed by atoms with van der Waals surface area (Å²) in [5.74, 6) is 12.1. The molecule has 0 bridgehead atoms. The molecule has 3 heteroatoms. The molecule has 2 aliphatic rings. The van der Waals surface area contributed by atoms with Gasteiger partial charge in [-0.15, -0.1) is 23.7 Å². The number of carbonyl (C=O) groups excluding carboxylic acids is 2. The molecule has 0 fully saturated rings. The molecule has 21 heavy (non-hydrogen) atoms. The Morgan fingerprint density at radius 3 is 0.952 bits per heavy atom. The summed E-state index contributed by atoms with van der Waals surface area (Å²) in [6, 6.07) is 0. The van der Waals surface area contributed by atoms with Gasteiger partial charge in [0.05, 0.1) is 0 Å². The molecule has 0 unspecified atom stereocenters. The molecule has 2 rings (SSSR count). The monoisotopic (exact) mass is 326 g/mol. The van der Waals surface area contributed by atoms with Crippen molar-refractivity contribution in [2.24, 2.45) is 0 Å². The molecule has 0 N–H and O–H groups in total. The van der Waals surface area contributed by atoms with Gasteiger partial charge in [0.2, 0.25) is 0 Å². The van der Waals surface area contributed by atoms with Gasteiger partial charge >= 0.3 is 0 Å². The summed E-state index contributed by atoms with van der Waals surface area (Å²) in [6.07, 6.45) is 3.86. The second-order valence-electron chi connectivity index (χ2n) is 4.87. The van der Waals surface area contributed by atoms with Crippen molar-refractivity contribution in [3.8, 4) is 23.7 Å². The molecule has 2 aliphatic carbocycles. The Morgan fingerprint density at radius 2 is 0.762 bits per heavy atom. The van der Waals surface area contributed by atoms with E-state index in [1.54, 1.807) is 27.7 Å². The third-order valence-corrected chi connectivity index (χ3v) is 3.49. The SMILES string of the molecule is C1#CCCC#CCC1.CC1=C(C)C(=O)C(C)=C(C)C1=O.[Ni]. The van der Waals surface area contributed by atoms with Gasteiger partial charge in [0, 0.05) is 64.5 Å². The van der Waals surface area contributed by atoms with E-state index in [1.807, 2.05) is 0 Å². The largest absolute Gasteiger partial charge is 0.289 e. The van der Waals surface area contributed by atoms with Gasteiger partial charge < -0.3 is 0 Å². The smallest absolute Gasteiger partial charge is 0.185 e. The number of hydrogen-bond acceptors (Lipinski definition) is 2. The fraction of sp³-hybridized carbons (Fsp3) is 0.444. The zero-order valence-corrected chi connectivity index (χ0v) is 13.9. The summed E-state index contributed by atoms with van der Waals surface area (Å²) >= 11 is 0. The summed E-state index contributed by atoms with van der Waals surface area (Å²) in [5, 5.41) is 0. The van der Waals surface area contributed by atoms with Crippen LogP contribution in [0.15, 0.2) is 22.3 Å². The van der Waals surface area contributed by atoms with Crippen LogP contribution < -0.4 is 0 Å². The Hall–Kier alpha value is -1.57. The van der Waals surface area contributed by atoms with E-state index in [4.69, 9.17) is 0 Å². The summed E-state index contributed by atoms with van der Waals surface area (Å²) in [5.41, 5.74) is 2.34. The van der Waals surface area contributed by atoms with Gasteiger partial charge in [-0.05, 0) is 27.7 Å². The molecule has 2 nitrogen and oxygen atoms in total. The van der Waals surface area contributed by atoms with Crippen molar-refractivity contribution in [2.75, 3.05) is 0 Å². The van der Waals surface area contributed by atoms with E-state index in [-0.39, 0.29) is 28.1 Å². The van der Waals surface area contributed by atoms with Gasteiger partial charge in [-0.25, -0.2) is 0 Å². The van der Waals surface area contributed by atoms with Gasteiger partial charge in [-0.3, -0.25) is 9.59 Å². The van der Waals surface area contributed by atoms with Crippen molar-refractivity contribution in [1.82, 2.24) is 0 Å². The summed E-state index contributed by atoms with van der Waals surface area (Å²) in [4.78, 5) is 22.8. The Bertz CT molecular complexity index is 513. The molecule has 0 spiro atoms. The predicted molar refractivity (Wildman–Crippen MR) is 80.8 cm³/mol. The Kier molecular flexibility index (Phi) is 8.68. The molecule has 0 heterocycles. The van der Waals surface area contributed by atoms with Crippen LogP contribution in [0.25, 0.3) is 0 Å². The summed E-state index contributed by atoms with van der Waals surface area (Å²) in [6.45, 7) is 6.80. The van der Waals surface area contributed by atoms with Crippen LogP contribution in [-0.4, -0.2) is 11.6 Å². The summed E-state index contributed by atoms with van der Waals surface area (Å²) in [7, 11) is 0. The minimum atomic E-state index is 0. The average molecular weight is 327 g/mol. The molecule has 114 valence electrons. The molecule has 0 amide bonds. The number of carbonyl (C=O) groups is 2. The van der Waals surface area contributed by atoms with Crippen LogP contribution in [0.4, 0.5) is 0 Å². The first-order chi connectivity index (χ1) is 9.46. The maximum atomic E-state index is 11.4. The van der Waals surface area contributed by atoms with E-state index in [2.05, 4.69) is 23.7 Å². The van der Waals surface area contributed by atoms with E-state index in [9.17, 15) is 9.59 Å². The molecular formula is C18H20NiO2. The van der Waals surface area contributed by atoms with Crippen LogP contribution in [0, 0.1) is 23.7 Å². The molecule has 0 aromatic carbocycles. The molecule has 0 aliphatic heterocycles. The van der Waals surface area contributed by atoms with Crippen LogP contribution >= 0.6 is 0 Å². The van der Waals surface area contributed by atoms with Crippen LogP contribution in [0.1, 0.15) is 53.4 Å². The third kappa shape index (κ3) is 5.37. The minimum absolute atomic E-state index is 0. The number of ketones is 2. The summed E-state index contributed by atoms with van der Waals surface area (Å²) < 4.78 is 0. The first-order valence-corrected chi connectivity index (χ1v) is 6.82. The molecule has 0 saturated heterocycles. The van der Waals surface area contributed by atoms with Gasteiger partial charge in [0.15, 0.2) is 11.6 Å². The Morgan fingerprint density at radius 1 is 0.571 bits per heavy atom. The molecular weight excluding hydrogens is 307 g/mol. The quantitative estimate of drug-likeness (QED) is 0.388. The Balaban J connectivity index is 0.000000390. The zero-order chi connectivity index (χ0) is 15.1. The molecule has 0 saturated carbocycles. The molecule has 0 atom stereocenters. The van der Waals surface area contributed by atoms with Gasteiger partial charge in [-0.2, -0.15) is 0 Å². The van der Waals surface area contributed by atoms with Crippen molar-refractivity contribution in [2.45, 2.75) is 53.4 Å². The minimum Gasteiger partial charge on any atom is -0.289 e. The normalized spacial score (nSPS) is 17.1. The fourth-order valence-electron chi connectivity index (χ4n) is 1.85. The van der Waals surface area contributed by atoms with Crippen molar-refractivity contribution in [3.63, 3.8) is 0 Å². The maximum Gasteiger partial charge on any atom is 0.185 e. The van der Waals surface area contributed by atoms with Crippen molar-refractivity contribution < 1.29 is 26.1 Å². The van der Waals surface area contributed by atoms with E-state index in [0.717, 1.165) is 25.7 Å². The van der Waals surface area contributed by atoms with Gasteiger partial charge in [0.1, 0.15) is 0 Å². The third-order valence-electron chi connectivity index (χ3n) is 3.49. The van der Waals surface area contributed by atoms with Crippen LogP contribution in [0.3, 0.4) is 0 Å². The number of hydrogen-bond donors (Lipinski definition) is 0. The first kappa shape index (κ1) is 19.4. The molecule has 0 aromatic heterocycles. The average Bonchev–Trinajstić information content (AvgIpc) is 2.41. The molecule has 0 aromatic rings. The van der Waals surface area contributed by atoms with E-state index >= 15 is 0 Å². The second-order valence-corrected chi connectivity index (χ2v) is 4.87. The fourth-order valence-corrected chi connectivity index (χ4v) is 1.85. The predicted octanol–water partition coefficient (Wildman–Crippen LogP) is 3.38. The second kappa shape index (κ2) is 9.38. The van der Waals surface area contributed by atoms with E-state index in [1.165, 1.54) is 0 Å².